The van der Waals surface area contributed by atoms with E-state index >= 15 is 0 Å². The normalized spacial score (nSPS) is 26.0. The summed E-state index contributed by atoms with van der Waals surface area (Å²) in [5, 5.41) is 11.7. The molecule has 0 aromatic heterocycles. The summed E-state index contributed by atoms with van der Waals surface area (Å²) >= 11 is 0. The van der Waals surface area contributed by atoms with Crippen LogP contribution >= 0.6 is 0 Å². The number of amides is 2. The molecular weight excluding hydrogens is 246 g/mol. The fourth-order valence-electron chi connectivity index (χ4n) is 2.36. The number of hydrogen-bond acceptors (Lipinski definition) is 3. The predicted molar refractivity (Wildman–Crippen MR) is 73.1 cm³/mol. The molecule has 1 rings (SSSR count). The number of carboxylic acid groups (broad SMARTS) is 1. The van der Waals surface area contributed by atoms with Crippen molar-refractivity contribution in [2.24, 2.45) is 0 Å². The van der Waals surface area contributed by atoms with Crippen molar-refractivity contribution in [2.45, 2.75) is 51.7 Å². The maximum absolute atomic E-state index is 12.1. The Kier molecular flexibility index (Phi) is 5.60. The molecule has 1 fully saturated rings. The molecule has 1 aliphatic rings. The maximum Gasteiger partial charge on any atom is 0.326 e. The van der Waals surface area contributed by atoms with E-state index in [1.54, 1.807) is 4.90 Å². The van der Waals surface area contributed by atoms with Crippen molar-refractivity contribution in [3.05, 3.63) is 0 Å². The number of rotatable bonds is 4. The van der Waals surface area contributed by atoms with Gasteiger partial charge < -0.3 is 15.3 Å². The van der Waals surface area contributed by atoms with Crippen LogP contribution in [0.25, 0.3) is 0 Å². The molecule has 6 heteroatoms. The Morgan fingerprint density at radius 1 is 1.32 bits per heavy atom. The number of hydrogen-bond donors (Lipinski definition) is 2. The minimum absolute atomic E-state index is 0.271. The van der Waals surface area contributed by atoms with E-state index in [4.69, 9.17) is 5.11 Å². The summed E-state index contributed by atoms with van der Waals surface area (Å²) in [6.07, 6.45) is 1.19. The Morgan fingerprint density at radius 2 is 1.84 bits per heavy atom. The van der Waals surface area contributed by atoms with Crippen LogP contribution in [0.3, 0.4) is 0 Å². The third kappa shape index (κ3) is 4.09. The fourth-order valence-corrected chi connectivity index (χ4v) is 2.36. The number of piperazine rings is 1. The van der Waals surface area contributed by atoms with Gasteiger partial charge in [0, 0.05) is 25.2 Å². The van der Waals surface area contributed by atoms with Gasteiger partial charge in [-0.25, -0.2) is 9.59 Å². The van der Waals surface area contributed by atoms with Gasteiger partial charge in [0.25, 0.3) is 0 Å². The van der Waals surface area contributed by atoms with E-state index in [0.29, 0.717) is 19.5 Å². The topological polar surface area (TPSA) is 72.9 Å². The summed E-state index contributed by atoms with van der Waals surface area (Å²) in [6.45, 7) is 7.30. The SMILES string of the molecule is CCC[C@H](NC(=O)N1CC(C)N(C)C(C)C1)C(=O)O. The van der Waals surface area contributed by atoms with E-state index in [-0.39, 0.29) is 18.1 Å². The second-order valence-corrected chi connectivity index (χ2v) is 5.40. The fraction of sp³-hybridized carbons (Fsp3) is 0.846. The lowest BCUT2D eigenvalue weighted by Crippen LogP contribution is -2.59. The average Bonchev–Trinajstić information content (AvgIpc) is 2.34. The third-order valence-electron chi connectivity index (χ3n) is 3.82. The van der Waals surface area contributed by atoms with E-state index in [1.807, 2.05) is 14.0 Å². The predicted octanol–water partition coefficient (Wildman–Crippen LogP) is 0.974. The molecule has 19 heavy (non-hydrogen) atoms. The molecule has 2 unspecified atom stereocenters. The minimum Gasteiger partial charge on any atom is -0.480 e. The number of carboxylic acids is 1. The molecule has 2 N–H and O–H groups in total. The minimum atomic E-state index is -0.967. The van der Waals surface area contributed by atoms with Crippen LogP contribution in [0.5, 0.6) is 0 Å². The molecule has 110 valence electrons. The van der Waals surface area contributed by atoms with Crippen molar-refractivity contribution in [2.75, 3.05) is 20.1 Å². The monoisotopic (exact) mass is 271 g/mol. The van der Waals surface area contributed by atoms with E-state index < -0.39 is 12.0 Å². The van der Waals surface area contributed by atoms with Gasteiger partial charge in [-0.15, -0.1) is 0 Å². The second-order valence-electron chi connectivity index (χ2n) is 5.40. The Hall–Kier alpha value is -1.30. The van der Waals surface area contributed by atoms with Crippen LogP contribution in [-0.4, -0.2) is 65.2 Å². The van der Waals surface area contributed by atoms with Crippen LogP contribution < -0.4 is 5.32 Å². The van der Waals surface area contributed by atoms with Crippen molar-refractivity contribution in [3.8, 4) is 0 Å². The first-order valence-corrected chi connectivity index (χ1v) is 6.87. The second kappa shape index (κ2) is 6.75. The summed E-state index contributed by atoms with van der Waals surface area (Å²) < 4.78 is 0. The van der Waals surface area contributed by atoms with Gasteiger partial charge in [-0.2, -0.15) is 0 Å². The molecule has 6 nitrogen and oxygen atoms in total. The molecule has 1 aliphatic heterocycles. The summed E-state index contributed by atoms with van der Waals surface area (Å²) in [5.74, 6) is -0.967. The van der Waals surface area contributed by atoms with Crippen LogP contribution in [0.1, 0.15) is 33.6 Å². The van der Waals surface area contributed by atoms with Gasteiger partial charge in [0.15, 0.2) is 0 Å². The number of likely N-dealkylation sites (N-methyl/N-ethyl adjacent to an activating group) is 1. The largest absolute Gasteiger partial charge is 0.480 e. The molecule has 0 radical (unpaired) electrons. The van der Waals surface area contributed by atoms with Gasteiger partial charge in [-0.05, 0) is 27.3 Å². The molecular formula is C13H25N3O3. The van der Waals surface area contributed by atoms with Crippen LogP contribution in [0.2, 0.25) is 0 Å². The highest BCUT2D eigenvalue weighted by molar-refractivity contribution is 5.82. The molecule has 1 saturated heterocycles. The molecule has 3 atom stereocenters. The van der Waals surface area contributed by atoms with Crippen LogP contribution in [-0.2, 0) is 4.79 Å². The Bertz CT molecular complexity index is 323. The van der Waals surface area contributed by atoms with Crippen LogP contribution in [0.4, 0.5) is 4.79 Å². The first-order valence-electron chi connectivity index (χ1n) is 6.87. The maximum atomic E-state index is 12.1. The number of aliphatic carboxylic acids is 1. The van der Waals surface area contributed by atoms with Crippen molar-refractivity contribution in [3.63, 3.8) is 0 Å². The highest BCUT2D eigenvalue weighted by Crippen LogP contribution is 2.13. The number of nitrogens with one attached hydrogen (secondary N) is 1. The highest BCUT2D eigenvalue weighted by Gasteiger charge is 2.30. The standard InChI is InChI=1S/C13H25N3O3/c1-5-6-11(12(17)18)14-13(19)16-7-9(2)15(4)10(3)8-16/h9-11H,5-8H2,1-4H3,(H,14,19)(H,17,18)/t9?,10?,11-/m0/s1. The van der Waals surface area contributed by atoms with Gasteiger partial charge in [-0.3, -0.25) is 4.90 Å². The molecule has 0 spiro atoms. The quantitative estimate of drug-likeness (QED) is 0.799. The molecule has 1 heterocycles. The molecule has 0 aromatic carbocycles. The summed E-state index contributed by atoms with van der Waals surface area (Å²) in [4.78, 5) is 27.1. The average molecular weight is 271 g/mol. The summed E-state index contributed by atoms with van der Waals surface area (Å²) in [6, 6.07) is -0.497. The van der Waals surface area contributed by atoms with Crippen molar-refractivity contribution < 1.29 is 14.7 Å². The number of carbonyl (C=O) groups is 2. The number of nitrogens with zero attached hydrogens (tertiary/aromatic N) is 2. The molecule has 0 saturated carbocycles. The highest BCUT2D eigenvalue weighted by atomic mass is 16.4. The Balaban J connectivity index is 2.60. The molecule has 2 amide bonds. The van der Waals surface area contributed by atoms with Crippen LogP contribution in [0.15, 0.2) is 0 Å². The summed E-state index contributed by atoms with van der Waals surface area (Å²) in [7, 11) is 2.04. The molecule has 0 bridgehead atoms. The lowest BCUT2D eigenvalue weighted by molar-refractivity contribution is -0.139. The lowest BCUT2D eigenvalue weighted by Gasteiger charge is -2.42. The third-order valence-corrected chi connectivity index (χ3v) is 3.82. The van der Waals surface area contributed by atoms with E-state index in [2.05, 4.69) is 24.1 Å². The first kappa shape index (κ1) is 15.8. The summed E-state index contributed by atoms with van der Waals surface area (Å²) in [5.41, 5.74) is 0. The van der Waals surface area contributed by atoms with E-state index in [1.165, 1.54) is 0 Å². The van der Waals surface area contributed by atoms with Crippen molar-refractivity contribution in [1.82, 2.24) is 15.1 Å². The first-order chi connectivity index (χ1) is 8.86. The van der Waals surface area contributed by atoms with Gasteiger partial charge in [0.2, 0.25) is 0 Å². The molecule has 0 aromatic rings. The van der Waals surface area contributed by atoms with Gasteiger partial charge in [0.1, 0.15) is 6.04 Å². The van der Waals surface area contributed by atoms with E-state index in [0.717, 1.165) is 6.42 Å². The Labute approximate surface area is 114 Å². The van der Waals surface area contributed by atoms with Crippen molar-refractivity contribution in [1.29, 1.82) is 0 Å². The van der Waals surface area contributed by atoms with Gasteiger partial charge in [-0.1, -0.05) is 13.3 Å². The van der Waals surface area contributed by atoms with Gasteiger partial charge >= 0.3 is 12.0 Å². The zero-order valence-electron chi connectivity index (χ0n) is 12.2. The Morgan fingerprint density at radius 3 is 2.26 bits per heavy atom. The zero-order chi connectivity index (χ0) is 14.6. The van der Waals surface area contributed by atoms with E-state index in [9.17, 15) is 9.59 Å². The number of urea groups is 1. The lowest BCUT2D eigenvalue weighted by atomic mass is 10.1. The van der Waals surface area contributed by atoms with Crippen LogP contribution in [0, 0.1) is 0 Å². The molecule has 0 aliphatic carbocycles. The smallest absolute Gasteiger partial charge is 0.326 e. The zero-order valence-corrected chi connectivity index (χ0v) is 12.2. The van der Waals surface area contributed by atoms with Crippen molar-refractivity contribution >= 4 is 12.0 Å². The van der Waals surface area contributed by atoms with Gasteiger partial charge in [0.05, 0.1) is 0 Å². The number of carbonyl (C=O) groups excluding carboxylic acids is 1.